The van der Waals surface area contributed by atoms with Gasteiger partial charge in [0.15, 0.2) is 0 Å². The molecule has 0 aliphatic rings. The van der Waals surface area contributed by atoms with E-state index in [1.165, 1.54) is 0 Å². The van der Waals surface area contributed by atoms with Gasteiger partial charge in [-0.1, -0.05) is 13.0 Å². The Kier molecular flexibility index (Phi) is 5.34. The van der Waals surface area contributed by atoms with Crippen LogP contribution in [0.15, 0.2) is 30.3 Å². The molecule has 0 radical (unpaired) electrons. The number of hydrogen-bond donors (Lipinski definition) is 2. The molecule has 0 bridgehead atoms. The van der Waals surface area contributed by atoms with Gasteiger partial charge in [-0.2, -0.15) is 4.98 Å². The van der Waals surface area contributed by atoms with E-state index < -0.39 is 0 Å². The van der Waals surface area contributed by atoms with Gasteiger partial charge in [-0.05, 0) is 25.5 Å². The molecule has 0 fully saturated rings. The summed E-state index contributed by atoms with van der Waals surface area (Å²) < 4.78 is 11.2. The highest BCUT2D eigenvalue weighted by atomic mass is 16.5. The first-order valence-corrected chi connectivity index (χ1v) is 7.00. The van der Waals surface area contributed by atoms with Crippen molar-refractivity contribution in [2.75, 3.05) is 12.0 Å². The summed E-state index contributed by atoms with van der Waals surface area (Å²) in [7, 11) is 0. The van der Waals surface area contributed by atoms with Gasteiger partial charge in [0, 0.05) is 18.6 Å². The van der Waals surface area contributed by atoms with Crippen LogP contribution in [0.25, 0.3) is 0 Å². The fourth-order valence-corrected chi connectivity index (χ4v) is 1.85. The van der Waals surface area contributed by atoms with Gasteiger partial charge in [-0.25, -0.2) is 10.8 Å². The summed E-state index contributed by atoms with van der Waals surface area (Å²) in [6.07, 6.45) is 1.72. The lowest BCUT2D eigenvalue weighted by Crippen LogP contribution is -2.10. The molecule has 3 N–H and O–H groups in total. The average molecular weight is 288 g/mol. The van der Waals surface area contributed by atoms with Crippen molar-refractivity contribution in [1.82, 2.24) is 9.97 Å². The minimum absolute atomic E-state index is 0.454. The lowest BCUT2D eigenvalue weighted by atomic mass is 10.3. The molecule has 1 heterocycles. The van der Waals surface area contributed by atoms with Gasteiger partial charge in [0.1, 0.15) is 23.1 Å². The molecule has 0 saturated carbocycles. The largest absolute Gasteiger partial charge is 0.494 e. The highest BCUT2D eigenvalue weighted by Gasteiger charge is 2.06. The van der Waals surface area contributed by atoms with Crippen molar-refractivity contribution in [1.29, 1.82) is 0 Å². The molecule has 2 aromatic rings. The van der Waals surface area contributed by atoms with Crippen LogP contribution in [0.1, 0.15) is 26.1 Å². The quantitative estimate of drug-likeness (QED) is 0.602. The molecule has 0 spiro atoms. The van der Waals surface area contributed by atoms with E-state index in [0.717, 1.165) is 18.6 Å². The monoisotopic (exact) mass is 288 g/mol. The molecule has 21 heavy (non-hydrogen) atoms. The second kappa shape index (κ2) is 7.44. The summed E-state index contributed by atoms with van der Waals surface area (Å²) in [6.45, 7) is 4.62. The highest BCUT2D eigenvalue weighted by Crippen LogP contribution is 2.25. The van der Waals surface area contributed by atoms with Crippen molar-refractivity contribution in [2.24, 2.45) is 5.84 Å². The van der Waals surface area contributed by atoms with Gasteiger partial charge < -0.3 is 14.9 Å². The van der Waals surface area contributed by atoms with E-state index in [9.17, 15) is 0 Å². The molecule has 112 valence electrons. The smallest absolute Gasteiger partial charge is 0.224 e. The van der Waals surface area contributed by atoms with Gasteiger partial charge in [0.2, 0.25) is 5.88 Å². The lowest BCUT2D eigenvalue weighted by Gasteiger charge is -2.10. The third-order valence-corrected chi connectivity index (χ3v) is 2.71. The second-order valence-corrected chi connectivity index (χ2v) is 4.41. The molecule has 6 heteroatoms. The van der Waals surface area contributed by atoms with Gasteiger partial charge in [0.05, 0.1) is 6.61 Å². The van der Waals surface area contributed by atoms with Crippen LogP contribution in [0.4, 0.5) is 5.82 Å². The molecule has 0 aliphatic heterocycles. The van der Waals surface area contributed by atoms with E-state index in [4.69, 9.17) is 15.3 Å². The number of hydrogen-bond acceptors (Lipinski definition) is 6. The molecule has 1 aromatic heterocycles. The Hall–Kier alpha value is -2.34. The highest BCUT2D eigenvalue weighted by molar-refractivity contribution is 5.40. The Bertz CT molecular complexity index is 590. The maximum Gasteiger partial charge on any atom is 0.224 e. The van der Waals surface area contributed by atoms with Crippen molar-refractivity contribution in [3.05, 3.63) is 36.2 Å². The van der Waals surface area contributed by atoms with E-state index in [0.29, 0.717) is 29.9 Å². The van der Waals surface area contributed by atoms with Crippen molar-refractivity contribution >= 4 is 5.82 Å². The van der Waals surface area contributed by atoms with E-state index in [1.54, 1.807) is 6.07 Å². The van der Waals surface area contributed by atoms with Crippen LogP contribution in [0.2, 0.25) is 0 Å². The molecular weight excluding hydrogens is 268 g/mol. The Morgan fingerprint density at radius 1 is 1.14 bits per heavy atom. The van der Waals surface area contributed by atoms with E-state index in [2.05, 4.69) is 22.3 Å². The average Bonchev–Trinajstić information content (AvgIpc) is 2.48. The Morgan fingerprint density at radius 3 is 2.67 bits per heavy atom. The first-order valence-electron chi connectivity index (χ1n) is 7.00. The number of hydrazine groups is 1. The summed E-state index contributed by atoms with van der Waals surface area (Å²) in [5.41, 5.74) is 2.53. The van der Waals surface area contributed by atoms with E-state index in [-0.39, 0.29) is 0 Å². The third kappa shape index (κ3) is 4.32. The fourth-order valence-electron chi connectivity index (χ4n) is 1.85. The maximum atomic E-state index is 5.77. The molecule has 0 aliphatic carbocycles. The zero-order chi connectivity index (χ0) is 15.1. The Balaban J connectivity index is 2.21. The number of rotatable bonds is 7. The normalized spacial score (nSPS) is 10.2. The fraction of sp³-hybridized carbons (Fsp3) is 0.333. The van der Waals surface area contributed by atoms with Crippen molar-refractivity contribution in [2.45, 2.75) is 26.7 Å². The minimum Gasteiger partial charge on any atom is -0.494 e. The second-order valence-electron chi connectivity index (χ2n) is 4.41. The molecule has 0 amide bonds. The number of anilines is 1. The first kappa shape index (κ1) is 15.1. The molecular formula is C15H20N4O2. The van der Waals surface area contributed by atoms with Gasteiger partial charge >= 0.3 is 0 Å². The predicted molar refractivity (Wildman–Crippen MR) is 81.5 cm³/mol. The zero-order valence-electron chi connectivity index (χ0n) is 12.3. The van der Waals surface area contributed by atoms with Crippen LogP contribution in [0.5, 0.6) is 17.4 Å². The number of benzene rings is 1. The summed E-state index contributed by atoms with van der Waals surface area (Å²) in [5.74, 6) is 8.53. The molecule has 2 rings (SSSR count). The topological polar surface area (TPSA) is 82.3 Å². The maximum absolute atomic E-state index is 5.77. The number of nitrogen functional groups attached to an aromatic ring is 1. The van der Waals surface area contributed by atoms with Gasteiger partial charge in [-0.15, -0.1) is 0 Å². The van der Waals surface area contributed by atoms with Crippen molar-refractivity contribution in [3.8, 4) is 17.4 Å². The van der Waals surface area contributed by atoms with Gasteiger partial charge in [-0.3, -0.25) is 0 Å². The number of nitrogens with zero attached hydrogens (tertiary/aromatic N) is 2. The number of nitrogens with two attached hydrogens (primary N) is 1. The SMILES string of the molecule is CCCc1nc(NN)cc(Oc2cccc(OCC)c2)n1. The number of ether oxygens (including phenoxy) is 2. The van der Waals surface area contributed by atoms with Crippen LogP contribution in [-0.2, 0) is 6.42 Å². The Morgan fingerprint density at radius 2 is 1.95 bits per heavy atom. The van der Waals surface area contributed by atoms with Crippen LogP contribution in [0.3, 0.4) is 0 Å². The first-order chi connectivity index (χ1) is 10.2. The van der Waals surface area contributed by atoms with Crippen LogP contribution in [-0.4, -0.2) is 16.6 Å². The van der Waals surface area contributed by atoms with E-state index >= 15 is 0 Å². The number of nitrogens with one attached hydrogen (secondary N) is 1. The predicted octanol–water partition coefficient (Wildman–Crippen LogP) is 2.91. The van der Waals surface area contributed by atoms with Gasteiger partial charge in [0.25, 0.3) is 0 Å². The number of aryl methyl sites for hydroxylation is 1. The lowest BCUT2D eigenvalue weighted by molar-refractivity contribution is 0.338. The molecule has 1 aromatic carbocycles. The standard InChI is InChI=1S/C15H20N4O2/c1-3-6-13-17-14(19-16)10-15(18-13)21-12-8-5-7-11(9-12)20-4-2/h5,7-10H,3-4,6,16H2,1-2H3,(H,17,18,19). The van der Waals surface area contributed by atoms with Crippen molar-refractivity contribution < 1.29 is 9.47 Å². The molecule has 0 unspecified atom stereocenters. The third-order valence-electron chi connectivity index (χ3n) is 2.71. The number of aromatic nitrogens is 2. The summed E-state index contributed by atoms with van der Waals surface area (Å²) in [4.78, 5) is 8.65. The van der Waals surface area contributed by atoms with E-state index in [1.807, 2.05) is 31.2 Å². The van der Waals surface area contributed by atoms with Crippen molar-refractivity contribution in [3.63, 3.8) is 0 Å². The Labute approximate surface area is 124 Å². The van der Waals surface area contributed by atoms with Crippen LogP contribution >= 0.6 is 0 Å². The van der Waals surface area contributed by atoms with Crippen LogP contribution < -0.4 is 20.7 Å². The molecule has 0 atom stereocenters. The minimum atomic E-state index is 0.454. The molecule has 6 nitrogen and oxygen atoms in total. The zero-order valence-corrected chi connectivity index (χ0v) is 12.3. The van der Waals surface area contributed by atoms with Crippen LogP contribution in [0, 0.1) is 0 Å². The summed E-state index contributed by atoms with van der Waals surface area (Å²) in [6, 6.07) is 9.08. The molecule has 0 saturated heterocycles. The summed E-state index contributed by atoms with van der Waals surface area (Å²) in [5, 5.41) is 0. The summed E-state index contributed by atoms with van der Waals surface area (Å²) >= 11 is 0.